The van der Waals surface area contributed by atoms with Gasteiger partial charge >= 0.3 is 0 Å². The van der Waals surface area contributed by atoms with Crippen molar-refractivity contribution in [3.63, 3.8) is 0 Å². The highest BCUT2D eigenvalue weighted by Crippen LogP contribution is 2.33. The number of aromatic nitrogens is 3. The van der Waals surface area contributed by atoms with Crippen LogP contribution >= 0.6 is 15.9 Å². The summed E-state index contributed by atoms with van der Waals surface area (Å²) in [6.07, 6.45) is 8.55. The molecular formula is C12H14BrN3. The van der Waals surface area contributed by atoms with Crippen LogP contribution in [0.5, 0.6) is 0 Å². The van der Waals surface area contributed by atoms with Crippen LogP contribution in [0.3, 0.4) is 0 Å². The Morgan fingerprint density at radius 3 is 2.81 bits per heavy atom. The van der Waals surface area contributed by atoms with Gasteiger partial charge in [-0.2, -0.15) is 0 Å². The van der Waals surface area contributed by atoms with Gasteiger partial charge in [0.25, 0.3) is 0 Å². The second-order valence-corrected chi connectivity index (χ2v) is 5.40. The number of fused-ring (bicyclic) bond motifs is 1. The number of nitrogens with zero attached hydrogens (tertiary/aromatic N) is 3. The predicted octanol–water partition coefficient (Wildman–Crippen LogP) is 3.54. The second-order valence-electron chi connectivity index (χ2n) is 4.49. The Labute approximate surface area is 103 Å². The van der Waals surface area contributed by atoms with E-state index in [1.54, 1.807) is 0 Å². The highest BCUT2D eigenvalue weighted by molar-refractivity contribution is 9.10. The summed E-state index contributed by atoms with van der Waals surface area (Å²) in [5.41, 5.74) is 2.35. The third-order valence-corrected chi connectivity index (χ3v) is 3.87. The Kier molecular flexibility index (Phi) is 2.67. The summed E-state index contributed by atoms with van der Waals surface area (Å²) in [5, 5.41) is 8.54. The first-order chi connectivity index (χ1) is 7.84. The van der Waals surface area contributed by atoms with Crippen molar-refractivity contribution in [2.24, 2.45) is 0 Å². The van der Waals surface area contributed by atoms with Crippen LogP contribution in [0.1, 0.15) is 43.7 Å². The van der Waals surface area contributed by atoms with Crippen molar-refractivity contribution in [3.05, 3.63) is 28.5 Å². The van der Waals surface area contributed by atoms with Crippen molar-refractivity contribution in [2.45, 2.75) is 38.0 Å². The van der Waals surface area contributed by atoms with Crippen molar-refractivity contribution in [3.8, 4) is 0 Å². The third kappa shape index (κ3) is 1.75. The van der Waals surface area contributed by atoms with Gasteiger partial charge < -0.3 is 0 Å². The zero-order valence-electron chi connectivity index (χ0n) is 9.06. The molecule has 2 aromatic heterocycles. The summed E-state index contributed by atoms with van der Waals surface area (Å²) in [6, 6.07) is 4.17. The zero-order chi connectivity index (χ0) is 11.0. The fraction of sp³-hybridized carbons (Fsp3) is 0.500. The van der Waals surface area contributed by atoms with Gasteiger partial charge in [-0.15, -0.1) is 5.10 Å². The van der Waals surface area contributed by atoms with E-state index in [1.165, 1.54) is 37.8 Å². The molecule has 1 aliphatic rings. The average molecular weight is 280 g/mol. The van der Waals surface area contributed by atoms with E-state index in [-0.39, 0.29) is 0 Å². The molecule has 3 nitrogen and oxygen atoms in total. The van der Waals surface area contributed by atoms with Crippen molar-refractivity contribution in [1.82, 2.24) is 14.8 Å². The topological polar surface area (TPSA) is 30.2 Å². The Morgan fingerprint density at radius 2 is 2.00 bits per heavy atom. The van der Waals surface area contributed by atoms with Crippen molar-refractivity contribution in [2.75, 3.05) is 0 Å². The van der Waals surface area contributed by atoms with Gasteiger partial charge in [-0.1, -0.05) is 24.5 Å². The maximum atomic E-state index is 4.35. The van der Waals surface area contributed by atoms with E-state index in [4.69, 9.17) is 0 Å². The molecule has 0 saturated heterocycles. The van der Waals surface area contributed by atoms with E-state index < -0.39 is 0 Å². The van der Waals surface area contributed by atoms with Crippen LogP contribution in [-0.4, -0.2) is 14.8 Å². The molecule has 0 N–H and O–H groups in total. The molecule has 1 aliphatic carbocycles. The molecule has 3 rings (SSSR count). The van der Waals surface area contributed by atoms with Gasteiger partial charge in [-0.25, -0.2) is 4.52 Å². The first-order valence-corrected chi connectivity index (χ1v) is 6.64. The second kappa shape index (κ2) is 4.17. The van der Waals surface area contributed by atoms with Gasteiger partial charge in [-0.05, 0) is 40.9 Å². The van der Waals surface area contributed by atoms with Crippen LogP contribution in [0.15, 0.2) is 22.8 Å². The molecule has 0 bridgehead atoms. The summed E-state index contributed by atoms with van der Waals surface area (Å²) in [5.74, 6) is 0.618. The fourth-order valence-corrected chi connectivity index (χ4v) is 2.88. The summed E-state index contributed by atoms with van der Waals surface area (Å²) in [7, 11) is 0. The summed E-state index contributed by atoms with van der Waals surface area (Å²) < 4.78 is 2.91. The quantitative estimate of drug-likeness (QED) is 0.799. The van der Waals surface area contributed by atoms with E-state index in [9.17, 15) is 0 Å². The first kappa shape index (κ1) is 10.3. The largest absolute Gasteiger partial charge is 0.219 e. The number of rotatable bonds is 1. The van der Waals surface area contributed by atoms with Gasteiger partial charge in [0.1, 0.15) is 0 Å². The molecule has 1 fully saturated rings. The van der Waals surface area contributed by atoms with Gasteiger partial charge in [0.15, 0.2) is 0 Å². The zero-order valence-corrected chi connectivity index (χ0v) is 10.7. The number of hydrogen-bond donors (Lipinski definition) is 0. The third-order valence-electron chi connectivity index (χ3n) is 3.40. The van der Waals surface area contributed by atoms with E-state index in [0.717, 1.165) is 9.99 Å². The monoisotopic (exact) mass is 279 g/mol. The Morgan fingerprint density at radius 1 is 1.19 bits per heavy atom. The maximum absolute atomic E-state index is 4.35. The molecule has 0 amide bonds. The van der Waals surface area contributed by atoms with Gasteiger partial charge in [0, 0.05) is 16.6 Å². The highest BCUT2D eigenvalue weighted by Gasteiger charge is 2.20. The molecule has 2 heterocycles. The molecule has 16 heavy (non-hydrogen) atoms. The van der Waals surface area contributed by atoms with Crippen molar-refractivity contribution in [1.29, 1.82) is 0 Å². The van der Waals surface area contributed by atoms with Gasteiger partial charge in [-0.3, -0.25) is 0 Å². The maximum Gasteiger partial charge on any atom is 0.0936 e. The standard InChI is InChI=1S/C12H14BrN3/c13-10-6-7-11-12(14-15-16(11)8-10)9-4-2-1-3-5-9/h6-9H,1-5H2. The minimum Gasteiger partial charge on any atom is -0.219 e. The molecule has 4 heteroatoms. The van der Waals surface area contributed by atoms with E-state index in [2.05, 4.69) is 38.4 Å². The van der Waals surface area contributed by atoms with Crippen LogP contribution in [-0.2, 0) is 0 Å². The van der Waals surface area contributed by atoms with Crippen LogP contribution in [0.25, 0.3) is 5.52 Å². The molecule has 0 unspecified atom stereocenters. The number of hydrogen-bond acceptors (Lipinski definition) is 2. The summed E-state index contributed by atoms with van der Waals surface area (Å²) in [6.45, 7) is 0. The smallest absolute Gasteiger partial charge is 0.0936 e. The number of pyridine rings is 1. The molecular weight excluding hydrogens is 266 g/mol. The molecule has 2 aromatic rings. The SMILES string of the molecule is Brc1ccc2c(C3CCCCC3)nnn2c1. The molecule has 0 spiro atoms. The first-order valence-electron chi connectivity index (χ1n) is 5.85. The lowest BCUT2D eigenvalue weighted by molar-refractivity contribution is 0.438. The average Bonchev–Trinajstić information content (AvgIpc) is 2.73. The predicted molar refractivity (Wildman–Crippen MR) is 66.5 cm³/mol. The molecule has 0 atom stereocenters. The lowest BCUT2D eigenvalue weighted by Gasteiger charge is -2.19. The molecule has 0 radical (unpaired) electrons. The van der Waals surface area contributed by atoms with Crippen LogP contribution in [0.4, 0.5) is 0 Å². The molecule has 0 aromatic carbocycles. The van der Waals surface area contributed by atoms with E-state index in [0.29, 0.717) is 5.92 Å². The number of halogens is 1. The lowest BCUT2D eigenvalue weighted by Crippen LogP contribution is -2.05. The molecule has 1 saturated carbocycles. The van der Waals surface area contributed by atoms with Crippen LogP contribution < -0.4 is 0 Å². The van der Waals surface area contributed by atoms with Crippen molar-refractivity contribution < 1.29 is 0 Å². The summed E-state index contributed by atoms with van der Waals surface area (Å²) >= 11 is 3.45. The van der Waals surface area contributed by atoms with Gasteiger partial charge in [0.05, 0.1) is 11.2 Å². The minimum absolute atomic E-state index is 0.618. The van der Waals surface area contributed by atoms with Crippen molar-refractivity contribution >= 4 is 21.4 Å². The Hall–Kier alpha value is -0.900. The summed E-state index contributed by atoms with van der Waals surface area (Å²) in [4.78, 5) is 0. The lowest BCUT2D eigenvalue weighted by atomic mass is 9.86. The van der Waals surface area contributed by atoms with Crippen LogP contribution in [0.2, 0.25) is 0 Å². The minimum atomic E-state index is 0.618. The molecule has 84 valence electrons. The molecule has 0 aliphatic heterocycles. The van der Waals surface area contributed by atoms with E-state index in [1.807, 2.05) is 10.7 Å². The van der Waals surface area contributed by atoms with Crippen LogP contribution in [0, 0.1) is 0 Å². The highest BCUT2D eigenvalue weighted by atomic mass is 79.9. The fourth-order valence-electron chi connectivity index (χ4n) is 2.56. The Bertz CT molecular complexity index is 500. The van der Waals surface area contributed by atoms with E-state index >= 15 is 0 Å². The Balaban J connectivity index is 2.03. The van der Waals surface area contributed by atoms with Gasteiger partial charge in [0.2, 0.25) is 0 Å². The normalized spacial score (nSPS) is 18.1.